The number of hydrogen-bond acceptors (Lipinski definition) is 4. The molecule has 2 aromatic carbocycles. The van der Waals surface area contributed by atoms with Crippen LogP contribution in [0, 0.1) is 0 Å². The van der Waals surface area contributed by atoms with E-state index >= 15 is 0 Å². The Hall–Kier alpha value is -2.01. The molecule has 0 saturated carbocycles. The van der Waals surface area contributed by atoms with Gasteiger partial charge in [0.1, 0.15) is 5.01 Å². The zero-order chi connectivity index (χ0) is 18.5. The lowest BCUT2D eigenvalue weighted by atomic mass is 10.0. The van der Waals surface area contributed by atoms with Crippen LogP contribution >= 0.6 is 11.3 Å². The van der Waals surface area contributed by atoms with E-state index in [4.69, 9.17) is 4.98 Å². The van der Waals surface area contributed by atoms with Crippen molar-refractivity contribution in [2.24, 2.45) is 0 Å². The molecule has 0 bridgehead atoms. The largest absolute Gasteiger partial charge is 0.302 e. The highest BCUT2D eigenvalue weighted by atomic mass is 32.1. The average Bonchev–Trinajstić information content (AvgIpc) is 3.07. The van der Waals surface area contributed by atoms with Crippen molar-refractivity contribution in [2.75, 3.05) is 32.7 Å². The van der Waals surface area contributed by atoms with E-state index in [1.807, 2.05) is 0 Å². The molecule has 0 spiro atoms. The lowest BCUT2D eigenvalue weighted by Gasteiger charge is -2.19. The standard InChI is InChI=1S/C23H27N3S/c1-2-25-12-7-13-26(15-14-25)17-23-24-22(18-27-23)21-11-6-10-20(16-21)19-8-4-3-5-9-19/h3-6,8-11,16,18H,2,7,12-15,17H2,1H3. The van der Waals surface area contributed by atoms with Crippen molar-refractivity contribution in [1.29, 1.82) is 0 Å². The van der Waals surface area contributed by atoms with E-state index in [1.165, 1.54) is 47.8 Å². The summed E-state index contributed by atoms with van der Waals surface area (Å²) in [5.41, 5.74) is 4.79. The minimum atomic E-state index is 0.973. The van der Waals surface area contributed by atoms with E-state index in [1.54, 1.807) is 11.3 Å². The summed E-state index contributed by atoms with van der Waals surface area (Å²) in [6.45, 7) is 9.11. The number of likely N-dealkylation sites (N-methyl/N-ethyl adjacent to an activating group) is 1. The predicted octanol–water partition coefficient (Wildman–Crippen LogP) is 5.00. The van der Waals surface area contributed by atoms with Crippen LogP contribution in [0.15, 0.2) is 60.0 Å². The van der Waals surface area contributed by atoms with Gasteiger partial charge in [-0.05, 0) is 43.2 Å². The van der Waals surface area contributed by atoms with Crippen molar-refractivity contribution in [2.45, 2.75) is 19.9 Å². The second-order valence-electron chi connectivity index (χ2n) is 7.14. The van der Waals surface area contributed by atoms with Crippen LogP contribution in [-0.2, 0) is 6.54 Å². The number of thiazole rings is 1. The Labute approximate surface area is 166 Å². The first-order valence-corrected chi connectivity index (χ1v) is 10.7. The number of aromatic nitrogens is 1. The van der Waals surface area contributed by atoms with Gasteiger partial charge in [0, 0.05) is 24.0 Å². The van der Waals surface area contributed by atoms with E-state index in [2.05, 4.69) is 76.7 Å². The highest BCUT2D eigenvalue weighted by molar-refractivity contribution is 7.09. The molecule has 1 saturated heterocycles. The number of hydrogen-bond donors (Lipinski definition) is 0. The molecule has 1 aliphatic heterocycles. The van der Waals surface area contributed by atoms with Crippen molar-refractivity contribution < 1.29 is 0 Å². The lowest BCUT2D eigenvalue weighted by Crippen LogP contribution is -2.30. The van der Waals surface area contributed by atoms with Gasteiger partial charge < -0.3 is 4.90 Å². The molecular formula is C23H27N3S. The molecule has 1 aliphatic rings. The van der Waals surface area contributed by atoms with E-state index in [0.29, 0.717) is 0 Å². The van der Waals surface area contributed by atoms with E-state index in [9.17, 15) is 0 Å². The van der Waals surface area contributed by atoms with Crippen LogP contribution in [0.5, 0.6) is 0 Å². The molecule has 1 fully saturated rings. The van der Waals surface area contributed by atoms with Crippen LogP contribution in [-0.4, -0.2) is 47.5 Å². The molecule has 0 amide bonds. The number of rotatable bonds is 5. The van der Waals surface area contributed by atoms with Crippen molar-refractivity contribution in [3.8, 4) is 22.4 Å². The summed E-state index contributed by atoms with van der Waals surface area (Å²) in [6, 6.07) is 19.3. The minimum absolute atomic E-state index is 0.973. The molecule has 0 unspecified atom stereocenters. The van der Waals surface area contributed by atoms with E-state index in [-0.39, 0.29) is 0 Å². The van der Waals surface area contributed by atoms with Crippen LogP contribution in [0.2, 0.25) is 0 Å². The maximum absolute atomic E-state index is 4.94. The molecule has 1 aromatic heterocycles. The highest BCUT2D eigenvalue weighted by Gasteiger charge is 2.15. The van der Waals surface area contributed by atoms with Crippen LogP contribution in [0.1, 0.15) is 18.4 Å². The molecule has 4 rings (SSSR count). The molecule has 140 valence electrons. The number of nitrogens with zero attached hydrogens (tertiary/aromatic N) is 3. The Morgan fingerprint density at radius 2 is 1.59 bits per heavy atom. The summed E-state index contributed by atoms with van der Waals surface area (Å²) in [4.78, 5) is 10.0. The van der Waals surface area contributed by atoms with Crippen LogP contribution < -0.4 is 0 Å². The quantitative estimate of drug-likeness (QED) is 0.623. The van der Waals surface area contributed by atoms with Crippen molar-refractivity contribution >= 4 is 11.3 Å². The highest BCUT2D eigenvalue weighted by Crippen LogP contribution is 2.27. The van der Waals surface area contributed by atoms with Crippen LogP contribution in [0.4, 0.5) is 0 Å². The van der Waals surface area contributed by atoms with Gasteiger partial charge in [-0.25, -0.2) is 4.98 Å². The molecule has 0 N–H and O–H groups in total. The predicted molar refractivity (Wildman–Crippen MR) is 115 cm³/mol. The maximum Gasteiger partial charge on any atom is 0.107 e. The van der Waals surface area contributed by atoms with Gasteiger partial charge in [0.15, 0.2) is 0 Å². The van der Waals surface area contributed by atoms with Gasteiger partial charge in [0.05, 0.1) is 12.2 Å². The molecule has 4 heteroatoms. The third kappa shape index (κ3) is 4.64. The SMILES string of the molecule is CCN1CCCN(Cc2nc(-c3cccc(-c4ccccc4)c3)cs2)CC1. The van der Waals surface area contributed by atoms with Gasteiger partial charge >= 0.3 is 0 Å². The minimum Gasteiger partial charge on any atom is -0.302 e. The van der Waals surface area contributed by atoms with Gasteiger partial charge in [-0.15, -0.1) is 11.3 Å². The fourth-order valence-corrected chi connectivity index (χ4v) is 4.54. The summed E-state index contributed by atoms with van der Waals surface area (Å²) < 4.78 is 0. The molecule has 3 aromatic rings. The first-order valence-electron chi connectivity index (χ1n) is 9.87. The first kappa shape index (κ1) is 18.4. The lowest BCUT2D eigenvalue weighted by molar-refractivity contribution is 0.257. The van der Waals surface area contributed by atoms with Crippen molar-refractivity contribution in [3.63, 3.8) is 0 Å². The summed E-state index contributed by atoms with van der Waals surface area (Å²) in [5.74, 6) is 0. The topological polar surface area (TPSA) is 19.4 Å². The summed E-state index contributed by atoms with van der Waals surface area (Å²) >= 11 is 1.79. The molecule has 27 heavy (non-hydrogen) atoms. The molecule has 3 nitrogen and oxygen atoms in total. The summed E-state index contributed by atoms with van der Waals surface area (Å²) in [7, 11) is 0. The Kier molecular flexibility index (Phi) is 5.97. The Morgan fingerprint density at radius 3 is 2.44 bits per heavy atom. The molecular weight excluding hydrogens is 350 g/mol. The number of benzene rings is 2. The maximum atomic E-state index is 4.94. The molecule has 2 heterocycles. The average molecular weight is 378 g/mol. The third-order valence-corrected chi connectivity index (χ3v) is 6.14. The molecule has 0 radical (unpaired) electrons. The Morgan fingerprint density at radius 1 is 0.852 bits per heavy atom. The smallest absolute Gasteiger partial charge is 0.107 e. The summed E-state index contributed by atoms with van der Waals surface area (Å²) in [6.07, 6.45) is 1.26. The van der Waals surface area contributed by atoms with E-state index < -0.39 is 0 Å². The van der Waals surface area contributed by atoms with Crippen LogP contribution in [0.25, 0.3) is 22.4 Å². The second kappa shape index (κ2) is 8.79. The van der Waals surface area contributed by atoms with Gasteiger partial charge in [0.2, 0.25) is 0 Å². The van der Waals surface area contributed by atoms with Crippen molar-refractivity contribution in [1.82, 2.24) is 14.8 Å². The van der Waals surface area contributed by atoms with E-state index in [0.717, 1.165) is 25.3 Å². The fourth-order valence-electron chi connectivity index (χ4n) is 3.69. The third-order valence-electron chi connectivity index (χ3n) is 5.30. The molecule has 0 aliphatic carbocycles. The zero-order valence-corrected chi connectivity index (χ0v) is 16.8. The monoisotopic (exact) mass is 377 g/mol. The normalized spacial score (nSPS) is 16.3. The van der Waals surface area contributed by atoms with Crippen molar-refractivity contribution in [3.05, 3.63) is 65.0 Å². The fraction of sp³-hybridized carbons (Fsp3) is 0.348. The van der Waals surface area contributed by atoms with Gasteiger partial charge in [0.25, 0.3) is 0 Å². The first-order chi connectivity index (χ1) is 13.3. The summed E-state index contributed by atoms with van der Waals surface area (Å²) in [5, 5.41) is 3.43. The second-order valence-corrected chi connectivity index (χ2v) is 8.08. The van der Waals surface area contributed by atoms with Crippen LogP contribution in [0.3, 0.4) is 0 Å². The zero-order valence-electron chi connectivity index (χ0n) is 16.0. The Bertz CT molecular complexity index is 859. The van der Waals surface area contributed by atoms with Gasteiger partial charge in [-0.1, -0.05) is 55.5 Å². The Balaban J connectivity index is 1.47. The van der Waals surface area contributed by atoms with Gasteiger partial charge in [-0.2, -0.15) is 0 Å². The molecule has 0 atom stereocenters. The van der Waals surface area contributed by atoms with Gasteiger partial charge in [-0.3, -0.25) is 4.90 Å².